The van der Waals surface area contributed by atoms with Gasteiger partial charge >= 0.3 is 0 Å². The molecular formula is C15H20BrN5OS. The van der Waals surface area contributed by atoms with Crippen molar-refractivity contribution in [3.05, 3.63) is 20.9 Å². The third kappa shape index (κ3) is 3.80. The molecule has 2 heterocycles. The highest BCUT2D eigenvalue weighted by Crippen LogP contribution is 2.35. The number of aromatic nitrogens is 4. The van der Waals surface area contributed by atoms with E-state index in [4.69, 9.17) is 0 Å². The molecule has 0 aromatic carbocycles. The highest BCUT2D eigenvalue weighted by Gasteiger charge is 2.20. The van der Waals surface area contributed by atoms with Gasteiger partial charge in [-0.3, -0.25) is 14.8 Å². The molecular weight excluding hydrogens is 378 g/mol. The highest BCUT2D eigenvalue weighted by molar-refractivity contribution is 9.10. The zero-order valence-corrected chi connectivity index (χ0v) is 15.7. The maximum atomic E-state index is 12.2. The number of rotatable bonds is 4. The molecule has 0 aliphatic heterocycles. The molecule has 1 amide bonds. The van der Waals surface area contributed by atoms with Crippen molar-refractivity contribution >= 4 is 38.3 Å². The zero-order chi connectivity index (χ0) is 16.4. The molecule has 0 unspecified atom stereocenters. The van der Waals surface area contributed by atoms with E-state index in [1.165, 1.54) is 43.4 Å². The molecule has 2 aromatic heterocycles. The third-order valence-corrected chi connectivity index (χ3v) is 6.38. The van der Waals surface area contributed by atoms with Gasteiger partial charge in [-0.25, -0.2) is 0 Å². The molecule has 1 aliphatic carbocycles. The van der Waals surface area contributed by atoms with Crippen LogP contribution in [0.5, 0.6) is 0 Å². The first-order valence-corrected chi connectivity index (χ1v) is 9.48. The van der Waals surface area contributed by atoms with Crippen molar-refractivity contribution < 1.29 is 4.79 Å². The number of nitrogens with zero attached hydrogens (tertiary/aromatic N) is 4. The Morgan fingerprint density at radius 1 is 1.30 bits per heavy atom. The molecule has 0 bridgehead atoms. The Bertz CT molecular complexity index is 705. The minimum Gasteiger partial charge on any atom is -0.299 e. The van der Waals surface area contributed by atoms with Gasteiger partial charge in [0.05, 0.1) is 15.9 Å². The van der Waals surface area contributed by atoms with Crippen LogP contribution in [0.4, 0.5) is 5.13 Å². The number of amides is 1. The average Bonchev–Trinajstić information content (AvgIpc) is 3.10. The number of carbonyl (C=O) groups is 1. The molecule has 0 atom stereocenters. The Labute approximate surface area is 147 Å². The maximum absolute atomic E-state index is 12.2. The van der Waals surface area contributed by atoms with Crippen LogP contribution >= 0.6 is 27.3 Å². The van der Waals surface area contributed by atoms with Gasteiger partial charge in [-0.1, -0.05) is 30.6 Å². The van der Waals surface area contributed by atoms with E-state index in [0.717, 1.165) is 20.9 Å². The molecule has 6 nitrogen and oxygen atoms in total. The Morgan fingerprint density at radius 2 is 2.04 bits per heavy atom. The molecule has 1 N–H and O–H groups in total. The number of aryl methyl sites for hydroxylation is 1. The van der Waals surface area contributed by atoms with Crippen LogP contribution in [-0.2, 0) is 11.3 Å². The van der Waals surface area contributed by atoms with Crippen molar-refractivity contribution in [1.29, 1.82) is 0 Å². The predicted octanol–water partition coefficient (Wildman–Crippen LogP) is 3.80. The fourth-order valence-corrected chi connectivity index (χ4v) is 4.14. The Hall–Kier alpha value is -1.28. The first-order chi connectivity index (χ1) is 11.0. The van der Waals surface area contributed by atoms with Gasteiger partial charge in [0.25, 0.3) is 0 Å². The molecule has 0 radical (unpaired) electrons. The van der Waals surface area contributed by atoms with E-state index >= 15 is 0 Å². The summed E-state index contributed by atoms with van der Waals surface area (Å²) in [6.45, 7) is 4.02. The fourth-order valence-electron chi connectivity index (χ4n) is 2.92. The molecule has 1 aliphatic rings. The van der Waals surface area contributed by atoms with E-state index < -0.39 is 0 Å². The highest BCUT2D eigenvalue weighted by atomic mass is 79.9. The van der Waals surface area contributed by atoms with Crippen LogP contribution in [0.2, 0.25) is 0 Å². The molecule has 1 saturated carbocycles. The maximum Gasteiger partial charge on any atom is 0.247 e. The number of halogens is 1. The smallest absolute Gasteiger partial charge is 0.247 e. The first-order valence-electron chi connectivity index (χ1n) is 7.87. The van der Waals surface area contributed by atoms with Gasteiger partial charge < -0.3 is 0 Å². The predicted molar refractivity (Wildman–Crippen MR) is 93.8 cm³/mol. The van der Waals surface area contributed by atoms with Gasteiger partial charge in [0.2, 0.25) is 11.0 Å². The molecule has 0 spiro atoms. The third-order valence-electron chi connectivity index (χ3n) is 4.23. The van der Waals surface area contributed by atoms with E-state index in [1.807, 2.05) is 13.8 Å². The lowest BCUT2D eigenvalue weighted by atomic mass is 9.90. The lowest BCUT2D eigenvalue weighted by Gasteiger charge is -2.18. The number of carbonyl (C=O) groups excluding carboxylic acids is 1. The van der Waals surface area contributed by atoms with Crippen molar-refractivity contribution in [3.8, 4) is 0 Å². The summed E-state index contributed by atoms with van der Waals surface area (Å²) in [7, 11) is 0. The summed E-state index contributed by atoms with van der Waals surface area (Å²) in [5.41, 5.74) is 1.82. The summed E-state index contributed by atoms with van der Waals surface area (Å²) in [4.78, 5) is 12.2. The van der Waals surface area contributed by atoms with Gasteiger partial charge in [0.15, 0.2) is 0 Å². The topological polar surface area (TPSA) is 72.7 Å². The number of nitrogens with one attached hydrogen (secondary N) is 1. The summed E-state index contributed by atoms with van der Waals surface area (Å²) in [5, 5.41) is 17.2. The molecule has 8 heteroatoms. The van der Waals surface area contributed by atoms with E-state index in [9.17, 15) is 4.79 Å². The zero-order valence-electron chi connectivity index (χ0n) is 13.3. The van der Waals surface area contributed by atoms with E-state index in [0.29, 0.717) is 11.0 Å². The lowest BCUT2D eigenvalue weighted by Crippen LogP contribution is -2.20. The van der Waals surface area contributed by atoms with E-state index in [-0.39, 0.29) is 12.5 Å². The van der Waals surface area contributed by atoms with Gasteiger partial charge in [-0.2, -0.15) is 5.10 Å². The van der Waals surface area contributed by atoms with Crippen LogP contribution in [0.3, 0.4) is 0 Å². The van der Waals surface area contributed by atoms with Crippen LogP contribution in [0.15, 0.2) is 4.47 Å². The molecule has 124 valence electrons. The van der Waals surface area contributed by atoms with Crippen LogP contribution in [0.25, 0.3) is 0 Å². The van der Waals surface area contributed by atoms with Crippen molar-refractivity contribution in [2.45, 2.75) is 58.4 Å². The molecule has 0 saturated heterocycles. The van der Waals surface area contributed by atoms with Crippen molar-refractivity contribution in [3.63, 3.8) is 0 Å². The van der Waals surface area contributed by atoms with Crippen LogP contribution in [0, 0.1) is 13.8 Å². The molecule has 3 rings (SSSR count). The molecule has 1 fully saturated rings. The summed E-state index contributed by atoms with van der Waals surface area (Å²) in [6, 6.07) is 0. The van der Waals surface area contributed by atoms with E-state index in [1.54, 1.807) is 4.68 Å². The monoisotopic (exact) mass is 397 g/mol. The second-order valence-corrected chi connectivity index (χ2v) is 7.77. The fraction of sp³-hybridized carbons (Fsp3) is 0.600. The average molecular weight is 398 g/mol. The van der Waals surface area contributed by atoms with Gasteiger partial charge in [-0.15, -0.1) is 10.2 Å². The minimum absolute atomic E-state index is 0.130. The Kier molecular flexibility index (Phi) is 5.11. The normalized spacial score (nSPS) is 15.8. The van der Waals surface area contributed by atoms with Gasteiger partial charge in [-0.05, 0) is 42.6 Å². The lowest BCUT2D eigenvalue weighted by molar-refractivity contribution is -0.116. The SMILES string of the molecule is Cc1nn(CC(=O)Nc2nnc(C3CCCCC3)s2)c(C)c1Br. The second-order valence-electron chi connectivity index (χ2n) is 5.97. The van der Waals surface area contributed by atoms with Crippen LogP contribution < -0.4 is 5.32 Å². The number of anilines is 1. The standard InChI is InChI=1S/C15H20BrN5OS/c1-9-13(16)10(2)21(20-9)8-12(22)17-15-19-18-14(23-15)11-6-4-3-5-7-11/h11H,3-8H2,1-2H3,(H,17,19,22). The van der Waals surface area contributed by atoms with Crippen molar-refractivity contribution in [1.82, 2.24) is 20.0 Å². The first kappa shape index (κ1) is 16.6. The summed E-state index contributed by atoms with van der Waals surface area (Å²) < 4.78 is 2.64. The Morgan fingerprint density at radius 3 is 2.70 bits per heavy atom. The van der Waals surface area contributed by atoms with Crippen LogP contribution in [-0.4, -0.2) is 25.9 Å². The number of hydrogen-bond acceptors (Lipinski definition) is 5. The van der Waals surface area contributed by atoms with Crippen molar-refractivity contribution in [2.75, 3.05) is 5.32 Å². The Balaban J connectivity index is 1.61. The molecule has 2 aromatic rings. The quantitative estimate of drug-likeness (QED) is 0.850. The largest absolute Gasteiger partial charge is 0.299 e. The van der Waals surface area contributed by atoms with E-state index in [2.05, 4.69) is 36.5 Å². The van der Waals surface area contributed by atoms with Crippen LogP contribution in [0.1, 0.15) is 54.4 Å². The summed E-state index contributed by atoms with van der Waals surface area (Å²) >= 11 is 4.97. The van der Waals surface area contributed by atoms with Gasteiger partial charge in [0, 0.05) is 5.92 Å². The van der Waals surface area contributed by atoms with Gasteiger partial charge in [0.1, 0.15) is 11.6 Å². The molecule has 23 heavy (non-hydrogen) atoms. The second kappa shape index (κ2) is 7.09. The minimum atomic E-state index is -0.130. The summed E-state index contributed by atoms with van der Waals surface area (Å²) in [5.74, 6) is 0.383. The number of hydrogen-bond donors (Lipinski definition) is 1. The van der Waals surface area contributed by atoms with Crippen molar-refractivity contribution in [2.24, 2.45) is 0 Å². The summed E-state index contributed by atoms with van der Waals surface area (Å²) in [6.07, 6.45) is 6.21.